The van der Waals surface area contributed by atoms with Crippen molar-refractivity contribution in [2.75, 3.05) is 13.1 Å². The van der Waals surface area contributed by atoms with E-state index in [1.807, 2.05) is 32.0 Å². The third-order valence-corrected chi connectivity index (χ3v) is 3.78. The van der Waals surface area contributed by atoms with Crippen molar-refractivity contribution in [2.45, 2.75) is 26.2 Å². The fourth-order valence-corrected chi connectivity index (χ4v) is 2.53. The maximum atomic E-state index is 13.2. The maximum Gasteiger partial charge on any atom is 0.230 e. The summed E-state index contributed by atoms with van der Waals surface area (Å²) in [5, 5.41) is 0. The van der Waals surface area contributed by atoms with Gasteiger partial charge in [-0.25, -0.2) is 4.39 Å². The highest BCUT2D eigenvalue weighted by Crippen LogP contribution is 2.23. The molecule has 1 atom stereocenters. The first-order chi connectivity index (χ1) is 10.7. The van der Waals surface area contributed by atoms with Crippen molar-refractivity contribution in [3.63, 3.8) is 0 Å². The van der Waals surface area contributed by atoms with Crippen LogP contribution in [-0.4, -0.2) is 28.9 Å². The van der Waals surface area contributed by atoms with Gasteiger partial charge < -0.3 is 4.90 Å². The first kappa shape index (κ1) is 16.1. The van der Waals surface area contributed by atoms with Crippen LogP contribution in [0, 0.1) is 5.82 Å². The van der Waals surface area contributed by atoms with Crippen LogP contribution in [0.25, 0.3) is 0 Å². The lowest BCUT2D eigenvalue weighted by molar-refractivity contribution is -0.132. The van der Waals surface area contributed by atoms with Gasteiger partial charge in [0.1, 0.15) is 5.82 Å². The van der Waals surface area contributed by atoms with Gasteiger partial charge in [0.2, 0.25) is 5.91 Å². The third kappa shape index (κ3) is 3.91. The van der Waals surface area contributed by atoms with E-state index in [1.165, 1.54) is 12.1 Å². The normalized spacial score (nSPS) is 12.0. The Kier molecular flexibility index (Phi) is 5.64. The summed E-state index contributed by atoms with van der Waals surface area (Å²) < 4.78 is 13.2. The predicted molar refractivity (Wildman–Crippen MR) is 85.0 cm³/mol. The Hall–Kier alpha value is -2.23. The van der Waals surface area contributed by atoms with Gasteiger partial charge in [0.05, 0.1) is 5.92 Å². The molecule has 3 nitrogen and oxygen atoms in total. The topological polar surface area (TPSA) is 33.2 Å². The summed E-state index contributed by atoms with van der Waals surface area (Å²) in [4.78, 5) is 18.9. The summed E-state index contributed by atoms with van der Waals surface area (Å²) in [6.07, 6.45) is 2.24. The van der Waals surface area contributed by atoms with Crippen molar-refractivity contribution in [1.82, 2.24) is 9.88 Å². The molecule has 1 aromatic heterocycles. The van der Waals surface area contributed by atoms with Crippen LogP contribution in [0.4, 0.5) is 4.39 Å². The molecule has 1 unspecified atom stereocenters. The lowest BCUT2D eigenvalue weighted by Gasteiger charge is -2.25. The SMILES string of the molecule is CCN(CC)C(=O)C(Cc1ccccn1)c1ccc(F)cc1. The van der Waals surface area contributed by atoms with Gasteiger partial charge >= 0.3 is 0 Å². The molecule has 0 aliphatic rings. The molecule has 2 rings (SSSR count). The Balaban J connectivity index is 2.31. The van der Waals surface area contributed by atoms with E-state index in [0.29, 0.717) is 19.5 Å². The Morgan fingerprint density at radius 3 is 2.36 bits per heavy atom. The molecule has 0 saturated carbocycles. The molecule has 1 amide bonds. The number of carbonyl (C=O) groups is 1. The molecule has 0 saturated heterocycles. The highest BCUT2D eigenvalue weighted by Gasteiger charge is 2.25. The first-order valence-corrected chi connectivity index (χ1v) is 7.59. The van der Waals surface area contributed by atoms with Crippen molar-refractivity contribution in [3.8, 4) is 0 Å². The third-order valence-electron chi connectivity index (χ3n) is 3.78. The number of nitrogens with zero attached hydrogens (tertiary/aromatic N) is 2. The quantitative estimate of drug-likeness (QED) is 0.819. The molecule has 0 radical (unpaired) electrons. The molecule has 22 heavy (non-hydrogen) atoms. The predicted octanol–water partition coefficient (Wildman–Crippen LogP) is 3.42. The fourth-order valence-electron chi connectivity index (χ4n) is 2.53. The number of pyridine rings is 1. The molecule has 0 N–H and O–H groups in total. The summed E-state index contributed by atoms with van der Waals surface area (Å²) >= 11 is 0. The Bertz CT molecular complexity index is 594. The average molecular weight is 300 g/mol. The minimum atomic E-state index is -0.338. The van der Waals surface area contributed by atoms with Gasteiger partial charge in [0.25, 0.3) is 0 Å². The molecular formula is C18H21FN2O. The largest absolute Gasteiger partial charge is 0.343 e. The number of likely N-dealkylation sites (N-methyl/N-ethyl adjacent to an activating group) is 1. The second-order valence-corrected chi connectivity index (χ2v) is 5.14. The minimum Gasteiger partial charge on any atom is -0.343 e. The average Bonchev–Trinajstić information content (AvgIpc) is 2.55. The lowest BCUT2D eigenvalue weighted by atomic mass is 9.92. The number of rotatable bonds is 6. The zero-order valence-corrected chi connectivity index (χ0v) is 13.0. The lowest BCUT2D eigenvalue weighted by Crippen LogP contribution is -2.35. The summed E-state index contributed by atoms with van der Waals surface area (Å²) in [5.41, 5.74) is 1.68. The van der Waals surface area contributed by atoms with Gasteiger partial charge in [-0.05, 0) is 43.7 Å². The van der Waals surface area contributed by atoms with E-state index in [-0.39, 0.29) is 17.6 Å². The highest BCUT2D eigenvalue weighted by atomic mass is 19.1. The molecule has 2 aromatic rings. The molecule has 1 aromatic carbocycles. The first-order valence-electron chi connectivity index (χ1n) is 7.59. The zero-order chi connectivity index (χ0) is 15.9. The van der Waals surface area contributed by atoms with E-state index in [2.05, 4.69) is 4.98 Å². The van der Waals surface area contributed by atoms with Crippen molar-refractivity contribution in [2.24, 2.45) is 0 Å². The maximum absolute atomic E-state index is 13.2. The van der Waals surface area contributed by atoms with Gasteiger partial charge in [-0.3, -0.25) is 9.78 Å². The number of carbonyl (C=O) groups excluding carboxylic acids is 1. The van der Waals surface area contributed by atoms with Crippen molar-refractivity contribution >= 4 is 5.91 Å². The molecule has 0 aliphatic heterocycles. The monoisotopic (exact) mass is 300 g/mol. The van der Waals surface area contributed by atoms with Crippen LogP contribution in [0.3, 0.4) is 0 Å². The number of hydrogen-bond donors (Lipinski definition) is 0. The zero-order valence-electron chi connectivity index (χ0n) is 13.0. The molecule has 0 fully saturated rings. The Labute approximate surface area is 130 Å². The molecule has 1 heterocycles. The van der Waals surface area contributed by atoms with Crippen molar-refractivity contribution < 1.29 is 9.18 Å². The van der Waals surface area contributed by atoms with Crippen molar-refractivity contribution in [1.29, 1.82) is 0 Å². The van der Waals surface area contributed by atoms with E-state index in [9.17, 15) is 9.18 Å². The molecule has 116 valence electrons. The van der Waals surface area contributed by atoms with Gasteiger partial charge in [0, 0.05) is 31.4 Å². The number of aromatic nitrogens is 1. The standard InChI is InChI=1S/C18H21FN2O/c1-3-21(4-2)18(22)17(13-16-7-5-6-12-20-16)14-8-10-15(19)11-9-14/h5-12,17H,3-4,13H2,1-2H3. The number of benzene rings is 1. The second-order valence-electron chi connectivity index (χ2n) is 5.14. The van der Waals surface area contributed by atoms with Crippen LogP contribution in [-0.2, 0) is 11.2 Å². The van der Waals surface area contributed by atoms with Gasteiger partial charge in [-0.15, -0.1) is 0 Å². The van der Waals surface area contributed by atoms with Gasteiger partial charge in [-0.1, -0.05) is 18.2 Å². The minimum absolute atomic E-state index is 0.0576. The van der Waals surface area contributed by atoms with Crippen molar-refractivity contribution in [3.05, 3.63) is 65.7 Å². The van der Waals surface area contributed by atoms with Crippen LogP contribution < -0.4 is 0 Å². The Morgan fingerprint density at radius 2 is 1.82 bits per heavy atom. The molecule has 0 aliphatic carbocycles. The van der Waals surface area contributed by atoms with Crippen LogP contribution >= 0.6 is 0 Å². The summed E-state index contributed by atoms with van der Waals surface area (Å²) in [7, 11) is 0. The molecule has 4 heteroatoms. The van der Waals surface area contributed by atoms with Gasteiger partial charge in [-0.2, -0.15) is 0 Å². The highest BCUT2D eigenvalue weighted by molar-refractivity contribution is 5.84. The Morgan fingerprint density at radius 1 is 1.14 bits per heavy atom. The van der Waals surface area contributed by atoms with Crippen LogP contribution in [0.15, 0.2) is 48.7 Å². The number of halogens is 1. The second kappa shape index (κ2) is 7.69. The van der Waals surface area contributed by atoms with E-state index in [0.717, 1.165) is 11.3 Å². The molecular weight excluding hydrogens is 279 g/mol. The van der Waals surface area contributed by atoms with E-state index in [1.54, 1.807) is 23.2 Å². The molecule has 0 bridgehead atoms. The van der Waals surface area contributed by atoms with Crippen LogP contribution in [0.5, 0.6) is 0 Å². The molecule has 0 spiro atoms. The van der Waals surface area contributed by atoms with E-state index < -0.39 is 0 Å². The summed E-state index contributed by atoms with van der Waals surface area (Å²) in [5.74, 6) is -0.576. The summed E-state index contributed by atoms with van der Waals surface area (Å²) in [6, 6.07) is 11.8. The fraction of sp³-hybridized carbons (Fsp3) is 0.333. The van der Waals surface area contributed by atoms with Crippen LogP contribution in [0.2, 0.25) is 0 Å². The van der Waals surface area contributed by atoms with E-state index in [4.69, 9.17) is 0 Å². The number of amides is 1. The summed E-state index contributed by atoms with van der Waals surface area (Å²) in [6.45, 7) is 5.25. The van der Waals surface area contributed by atoms with E-state index >= 15 is 0 Å². The smallest absolute Gasteiger partial charge is 0.230 e. The van der Waals surface area contributed by atoms with Crippen LogP contribution in [0.1, 0.15) is 31.0 Å². The van der Waals surface area contributed by atoms with Gasteiger partial charge in [0.15, 0.2) is 0 Å². The number of hydrogen-bond acceptors (Lipinski definition) is 2.